The van der Waals surface area contributed by atoms with Crippen LogP contribution in [0.5, 0.6) is 0 Å². The fourth-order valence-electron chi connectivity index (χ4n) is 3.93. The van der Waals surface area contributed by atoms with Crippen molar-refractivity contribution in [1.82, 2.24) is 0 Å². The van der Waals surface area contributed by atoms with E-state index in [2.05, 4.69) is 19.9 Å². The van der Waals surface area contributed by atoms with Gasteiger partial charge in [-0.05, 0) is 18.6 Å². The van der Waals surface area contributed by atoms with Gasteiger partial charge in [0.2, 0.25) is 5.78 Å². The van der Waals surface area contributed by atoms with E-state index in [1.165, 1.54) is 23.1 Å². The van der Waals surface area contributed by atoms with Gasteiger partial charge < -0.3 is 9.80 Å². The van der Waals surface area contributed by atoms with Crippen molar-refractivity contribution in [3.05, 3.63) is 34.9 Å². The highest BCUT2D eigenvalue weighted by atomic mass is 32.2. The third kappa shape index (κ3) is 3.35. The van der Waals surface area contributed by atoms with E-state index in [1.807, 2.05) is 36.2 Å². The number of hydrogen-bond donors (Lipinski definition) is 1. The molecule has 2 aliphatic rings. The van der Waals surface area contributed by atoms with Crippen LogP contribution in [0.2, 0.25) is 0 Å². The third-order valence-corrected chi connectivity index (χ3v) is 6.07. The van der Waals surface area contributed by atoms with Gasteiger partial charge in [0.1, 0.15) is 23.2 Å². The van der Waals surface area contributed by atoms with Gasteiger partial charge in [0.15, 0.2) is 0 Å². The van der Waals surface area contributed by atoms with Crippen LogP contribution in [0.1, 0.15) is 20.3 Å². The highest BCUT2D eigenvalue weighted by Gasteiger charge is 2.31. The van der Waals surface area contributed by atoms with Crippen molar-refractivity contribution in [2.45, 2.75) is 25.2 Å². The zero-order valence-electron chi connectivity index (χ0n) is 14.5. The van der Waals surface area contributed by atoms with E-state index in [-0.39, 0.29) is 5.78 Å². The number of quaternary nitrogens is 1. The second kappa shape index (κ2) is 7.00. The number of benzene rings is 1. The van der Waals surface area contributed by atoms with E-state index >= 15 is 0 Å². The predicted molar refractivity (Wildman–Crippen MR) is 96.9 cm³/mol. The Morgan fingerprint density at radius 1 is 1.33 bits per heavy atom. The minimum Gasteiger partial charge on any atom is -0.337 e. The van der Waals surface area contributed by atoms with Gasteiger partial charge in [0, 0.05) is 23.8 Å². The Morgan fingerprint density at radius 2 is 2.00 bits per heavy atom. The van der Waals surface area contributed by atoms with Gasteiger partial charge in [-0.25, -0.2) is 0 Å². The topological polar surface area (TPSA) is 48.5 Å². The molecule has 2 atom stereocenters. The number of thioether (sulfide) groups is 1. The second-order valence-electron chi connectivity index (χ2n) is 7.13. The maximum Gasteiger partial charge on any atom is 0.230 e. The van der Waals surface area contributed by atoms with Crippen LogP contribution in [-0.2, 0) is 4.79 Å². The Morgan fingerprint density at radius 3 is 2.62 bits per heavy atom. The third-order valence-electron chi connectivity index (χ3n) is 4.83. The van der Waals surface area contributed by atoms with E-state index in [4.69, 9.17) is 0 Å². The summed E-state index contributed by atoms with van der Waals surface area (Å²) in [5.41, 5.74) is 1.36. The van der Waals surface area contributed by atoms with Gasteiger partial charge in [-0.2, -0.15) is 5.26 Å². The molecule has 1 aromatic rings. The van der Waals surface area contributed by atoms with Crippen LogP contribution in [0.25, 0.3) is 0 Å². The van der Waals surface area contributed by atoms with Crippen molar-refractivity contribution in [2.24, 2.45) is 11.8 Å². The highest BCUT2D eigenvalue weighted by Crippen LogP contribution is 2.45. The number of piperidine rings is 1. The Labute approximate surface area is 148 Å². The molecule has 1 fully saturated rings. The lowest BCUT2D eigenvalue weighted by Crippen LogP contribution is -3.15. The van der Waals surface area contributed by atoms with E-state index < -0.39 is 0 Å². The summed E-state index contributed by atoms with van der Waals surface area (Å²) >= 11 is 1.52. The molecule has 0 aromatic heterocycles. The summed E-state index contributed by atoms with van der Waals surface area (Å²) in [5.74, 6) is 1.25. The van der Waals surface area contributed by atoms with E-state index in [1.54, 1.807) is 0 Å². The van der Waals surface area contributed by atoms with Crippen LogP contribution < -0.4 is 9.80 Å². The van der Waals surface area contributed by atoms with Crippen molar-refractivity contribution < 1.29 is 9.69 Å². The van der Waals surface area contributed by atoms with Gasteiger partial charge in [-0.3, -0.25) is 4.79 Å². The number of para-hydroxylation sites is 1. The van der Waals surface area contributed by atoms with Crippen LogP contribution >= 0.6 is 11.8 Å². The average molecular weight is 342 g/mol. The highest BCUT2D eigenvalue weighted by molar-refractivity contribution is 8.03. The smallest absolute Gasteiger partial charge is 0.230 e. The molecule has 126 valence electrons. The maximum atomic E-state index is 12.8. The molecule has 24 heavy (non-hydrogen) atoms. The maximum absolute atomic E-state index is 12.8. The van der Waals surface area contributed by atoms with Gasteiger partial charge >= 0.3 is 0 Å². The van der Waals surface area contributed by atoms with E-state index in [0.29, 0.717) is 24.0 Å². The van der Waals surface area contributed by atoms with E-state index in [0.717, 1.165) is 28.7 Å². The molecule has 2 heterocycles. The lowest BCUT2D eigenvalue weighted by molar-refractivity contribution is -0.904. The van der Waals surface area contributed by atoms with Crippen LogP contribution in [0.4, 0.5) is 5.69 Å². The summed E-state index contributed by atoms with van der Waals surface area (Å²) in [5, 5.41) is 10.4. The molecular formula is C19H24N3OS+. The lowest BCUT2D eigenvalue weighted by Gasteiger charge is -2.31. The lowest BCUT2D eigenvalue weighted by atomic mass is 9.91. The first-order valence-corrected chi connectivity index (χ1v) is 9.33. The Kier molecular flexibility index (Phi) is 4.98. The molecule has 3 rings (SSSR count). The summed E-state index contributed by atoms with van der Waals surface area (Å²) < 4.78 is 0. The van der Waals surface area contributed by atoms with Crippen molar-refractivity contribution in [3.63, 3.8) is 0 Å². The Bertz CT molecular complexity index is 712. The molecule has 0 radical (unpaired) electrons. The molecular weight excluding hydrogens is 318 g/mol. The Balaban J connectivity index is 1.80. The average Bonchev–Trinajstić information content (AvgIpc) is 2.84. The summed E-state index contributed by atoms with van der Waals surface area (Å²) in [6.45, 7) is 6.97. The number of rotatable bonds is 3. The minimum atomic E-state index is -0.0315. The predicted octanol–water partition coefficient (Wildman–Crippen LogP) is 2.09. The number of anilines is 1. The van der Waals surface area contributed by atoms with Gasteiger partial charge in [-0.15, -0.1) is 0 Å². The number of Topliss-reactive ketones (excluding diaryl/α,β-unsaturated/α-hetero) is 1. The first-order chi connectivity index (χ1) is 11.5. The summed E-state index contributed by atoms with van der Waals surface area (Å²) in [6.07, 6.45) is 1.23. The summed E-state index contributed by atoms with van der Waals surface area (Å²) in [7, 11) is 1.93. The normalized spacial score (nSPS) is 28.2. The van der Waals surface area contributed by atoms with Crippen LogP contribution in [0.15, 0.2) is 39.8 Å². The standard InChI is InChI=1S/C19H23N3OS/c1-13-8-14(2)11-22(10-13)12-17(23)15(9-20)19-21(3)16-6-4-5-7-18(16)24-19/h4-7,13-14H,8,10-12H2,1-3H3/p+1/b19-15-/t13-,14-/m1/s1. The molecule has 1 saturated heterocycles. The quantitative estimate of drug-likeness (QED) is 0.675. The summed E-state index contributed by atoms with van der Waals surface area (Å²) in [4.78, 5) is 17.2. The number of carbonyl (C=O) groups is 1. The molecule has 0 aliphatic carbocycles. The molecule has 0 amide bonds. The van der Waals surface area contributed by atoms with Crippen LogP contribution in [-0.4, -0.2) is 32.5 Å². The molecule has 0 bridgehead atoms. The first-order valence-electron chi connectivity index (χ1n) is 8.51. The summed E-state index contributed by atoms with van der Waals surface area (Å²) in [6, 6.07) is 10.2. The number of carbonyl (C=O) groups excluding carboxylic acids is 1. The fourth-order valence-corrected chi connectivity index (χ4v) is 5.09. The number of likely N-dealkylation sites (tertiary alicyclic amines) is 1. The number of nitrogens with one attached hydrogen (secondary N) is 1. The van der Waals surface area contributed by atoms with Crippen molar-refractivity contribution >= 4 is 23.2 Å². The van der Waals surface area contributed by atoms with E-state index in [9.17, 15) is 10.1 Å². The molecule has 4 nitrogen and oxygen atoms in total. The number of hydrogen-bond acceptors (Lipinski definition) is 4. The van der Waals surface area contributed by atoms with Crippen molar-refractivity contribution in [3.8, 4) is 6.07 Å². The number of fused-ring (bicyclic) bond motifs is 1. The zero-order chi connectivity index (χ0) is 17.3. The zero-order valence-corrected chi connectivity index (χ0v) is 15.3. The number of nitrogens with zero attached hydrogens (tertiary/aromatic N) is 2. The van der Waals surface area contributed by atoms with Gasteiger partial charge in [0.05, 0.1) is 18.8 Å². The minimum absolute atomic E-state index is 0.0315. The molecule has 1 N–H and O–H groups in total. The molecule has 1 aromatic carbocycles. The molecule has 0 saturated carbocycles. The Hall–Kier alpha value is -1.77. The molecule has 5 heteroatoms. The number of ketones is 1. The molecule has 0 spiro atoms. The monoisotopic (exact) mass is 342 g/mol. The van der Waals surface area contributed by atoms with Gasteiger partial charge in [-0.1, -0.05) is 37.7 Å². The van der Waals surface area contributed by atoms with Crippen molar-refractivity contribution in [2.75, 3.05) is 31.6 Å². The first kappa shape index (κ1) is 17.1. The SMILES string of the molecule is C[C@@H]1C[C@@H](C)C[NH+](CC(=O)/C(C#N)=C2\Sc3ccccc3N2C)C1. The van der Waals surface area contributed by atoms with Gasteiger partial charge in [0.25, 0.3) is 0 Å². The second-order valence-corrected chi connectivity index (χ2v) is 8.16. The van der Waals surface area contributed by atoms with Crippen LogP contribution in [0, 0.1) is 23.2 Å². The fraction of sp³-hybridized carbons (Fsp3) is 0.474. The largest absolute Gasteiger partial charge is 0.337 e. The van der Waals surface area contributed by atoms with Crippen molar-refractivity contribution in [1.29, 1.82) is 5.26 Å². The van der Waals surface area contributed by atoms with Crippen LogP contribution in [0.3, 0.4) is 0 Å². The molecule has 0 unspecified atom stereocenters. The molecule has 2 aliphatic heterocycles. The number of nitriles is 1.